The van der Waals surface area contributed by atoms with E-state index in [4.69, 9.17) is 9.47 Å². The molecule has 4 rings (SSSR count). The highest BCUT2D eigenvalue weighted by atomic mass is 32.1. The number of nitrogens with one attached hydrogen (secondary N) is 2. The number of thiazole rings is 1. The third kappa shape index (κ3) is 6.38. The average Bonchev–Trinajstić information content (AvgIpc) is 3.54. The van der Waals surface area contributed by atoms with E-state index < -0.39 is 0 Å². The van der Waals surface area contributed by atoms with Crippen LogP contribution < -0.4 is 15.5 Å². The number of morpholine rings is 1. The topological polar surface area (TPSA) is 96.0 Å². The second-order valence-electron chi connectivity index (χ2n) is 9.03. The fourth-order valence-corrected chi connectivity index (χ4v) is 5.19. The number of rotatable bonds is 9. The van der Waals surface area contributed by atoms with Gasteiger partial charge in [-0.3, -0.25) is 14.5 Å². The van der Waals surface area contributed by atoms with E-state index in [1.165, 1.54) is 11.3 Å². The molecule has 1 aromatic carbocycles. The van der Waals surface area contributed by atoms with Crippen LogP contribution in [0.1, 0.15) is 51.7 Å². The standard InChI is InChI=1S/C25H35N5O4S/c1-4-6-26-23(31)20-13-18(14-29-8-10-34-11-9-29)17(2)12-21(20)27-24(32)22-16-35-25(28-22)30-7-5-19(15-30)33-3/h12-13,16,19H,4-11,14-15H2,1-3H3,(H,26,31)(H,27,32)/t19-/m0/s1. The van der Waals surface area contributed by atoms with Crippen LogP contribution >= 0.6 is 11.3 Å². The van der Waals surface area contributed by atoms with Gasteiger partial charge in [0.1, 0.15) is 5.69 Å². The van der Waals surface area contributed by atoms with E-state index in [0.717, 1.165) is 75.0 Å². The van der Waals surface area contributed by atoms with Gasteiger partial charge in [0.05, 0.1) is 30.6 Å². The first-order valence-corrected chi connectivity index (χ1v) is 13.1. The van der Waals surface area contributed by atoms with Gasteiger partial charge in [-0.15, -0.1) is 11.3 Å². The molecular formula is C25H35N5O4S. The van der Waals surface area contributed by atoms with Gasteiger partial charge in [0, 0.05) is 51.8 Å². The zero-order valence-corrected chi connectivity index (χ0v) is 21.6. The van der Waals surface area contributed by atoms with Crippen molar-refractivity contribution in [3.05, 3.63) is 39.9 Å². The number of aryl methyl sites for hydroxylation is 1. The van der Waals surface area contributed by atoms with E-state index in [-0.39, 0.29) is 17.9 Å². The van der Waals surface area contributed by atoms with Crippen molar-refractivity contribution in [3.63, 3.8) is 0 Å². The zero-order valence-electron chi connectivity index (χ0n) is 20.8. The number of amides is 2. The molecule has 1 atom stereocenters. The number of ether oxygens (including phenoxy) is 2. The van der Waals surface area contributed by atoms with Crippen molar-refractivity contribution >= 4 is 34.0 Å². The molecule has 1 aromatic heterocycles. The zero-order chi connectivity index (χ0) is 24.8. The molecule has 2 fully saturated rings. The third-order valence-electron chi connectivity index (χ3n) is 6.48. The molecule has 2 aliphatic rings. The summed E-state index contributed by atoms with van der Waals surface area (Å²) in [6, 6.07) is 3.80. The van der Waals surface area contributed by atoms with Crippen LogP contribution in [0.3, 0.4) is 0 Å². The summed E-state index contributed by atoms with van der Waals surface area (Å²) < 4.78 is 10.9. The predicted molar refractivity (Wildman–Crippen MR) is 138 cm³/mol. The Balaban J connectivity index is 1.52. The number of methoxy groups -OCH3 is 1. The first-order valence-electron chi connectivity index (χ1n) is 12.2. The van der Waals surface area contributed by atoms with Gasteiger partial charge in [-0.2, -0.15) is 0 Å². The summed E-state index contributed by atoms with van der Waals surface area (Å²) in [5.41, 5.74) is 3.42. The molecule has 10 heteroatoms. The molecule has 0 spiro atoms. The summed E-state index contributed by atoms with van der Waals surface area (Å²) in [5, 5.41) is 8.47. The van der Waals surface area contributed by atoms with Gasteiger partial charge >= 0.3 is 0 Å². The number of anilines is 2. The summed E-state index contributed by atoms with van der Waals surface area (Å²) in [7, 11) is 1.72. The Morgan fingerprint density at radius 3 is 2.74 bits per heavy atom. The quantitative estimate of drug-likeness (QED) is 0.545. The summed E-state index contributed by atoms with van der Waals surface area (Å²) in [6.45, 7) is 10.1. The monoisotopic (exact) mass is 501 g/mol. The fraction of sp³-hybridized carbons (Fsp3) is 0.560. The second kappa shape index (κ2) is 11.9. The fourth-order valence-electron chi connectivity index (χ4n) is 4.34. The van der Waals surface area contributed by atoms with Crippen molar-refractivity contribution in [1.82, 2.24) is 15.2 Å². The lowest BCUT2D eigenvalue weighted by atomic mass is 10.0. The first-order chi connectivity index (χ1) is 17.0. The highest BCUT2D eigenvalue weighted by molar-refractivity contribution is 7.14. The Morgan fingerprint density at radius 1 is 1.23 bits per heavy atom. The van der Waals surface area contributed by atoms with Gasteiger partial charge in [-0.05, 0) is 43.0 Å². The van der Waals surface area contributed by atoms with Crippen molar-refractivity contribution in [2.45, 2.75) is 39.3 Å². The van der Waals surface area contributed by atoms with Crippen molar-refractivity contribution in [1.29, 1.82) is 0 Å². The molecule has 3 heterocycles. The highest BCUT2D eigenvalue weighted by Gasteiger charge is 2.26. The number of hydrogen-bond donors (Lipinski definition) is 2. The Morgan fingerprint density at radius 2 is 2.03 bits per heavy atom. The lowest BCUT2D eigenvalue weighted by Crippen LogP contribution is -2.36. The molecule has 35 heavy (non-hydrogen) atoms. The Bertz CT molecular complexity index is 1040. The maximum absolute atomic E-state index is 13.1. The number of hydrogen-bond acceptors (Lipinski definition) is 8. The molecule has 0 unspecified atom stereocenters. The summed E-state index contributed by atoms with van der Waals surface area (Å²) in [6.07, 6.45) is 1.98. The highest BCUT2D eigenvalue weighted by Crippen LogP contribution is 2.27. The van der Waals surface area contributed by atoms with Crippen molar-refractivity contribution in [2.24, 2.45) is 0 Å². The average molecular weight is 502 g/mol. The Labute approximate surface area is 210 Å². The largest absolute Gasteiger partial charge is 0.380 e. The minimum absolute atomic E-state index is 0.188. The van der Waals surface area contributed by atoms with Gasteiger partial charge in [-0.1, -0.05) is 6.92 Å². The van der Waals surface area contributed by atoms with Crippen molar-refractivity contribution in [2.75, 3.05) is 63.3 Å². The smallest absolute Gasteiger partial charge is 0.275 e. The normalized spacial score (nSPS) is 18.6. The van der Waals surface area contributed by atoms with E-state index in [1.807, 2.05) is 26.0 Å². The summed E-state index contributed by atoms with van der Waals surface area (Å²) in [5.74, 6) is -0.508. The van der Waals surface area contributed by atoms with E-state index >= 15 is 0 Å². The molecular weight excluding hydrogens is 466 g/mol. The van der Waals surface area contributed by atoms with Gasteiger partial charge < -0.3 is 25.0 Å². The molecule has 9 nitrogen and oxygen atoms in total. The van der Waals surface area contributed by atoms with E-state index in [1.54, 1.807) is 12.5 Å². The Hall–Kier alpha value is -2.53. The van der Waals surface area contributed by atoms with Crippen LogP contribution in [0.25, 0.3) is 0 Å². The molecule has 2 aliphatic heterocycles. The van der Waals surface area contributed by atoms with Crippen molar-refractivity contribution in [3.8, 4) is 0 Å². The molecule has 0 bridgehead atoms. The summed E-state index contributed by atoms with van der Waals surface area (Å²) >= 11 is 1.45. The molecule has 2 N–H and O–H groups in total. The molecule has 2 aromatic rings. The first kappa shape index (κ1) is 25.6. The SMILES string of the molecule is CCCNC(=O)c1cc(CN2CCOCC2)c(C)cc1NC(=O)c1csc(N2CC[C@H](OC)C2)n1. The lowest BCUT2D eigenvalue weighted by Gasteiger charge is -2.27. The van der Waals surface area contributed by atoms with Crippen LogP contribution in [0.4, 0.5) is 10.8 Å². The second-order valence-corrected chi connectivity index (χ2v) is 9.87. The van der Waals surface area contributed by atoms with Crippen LogP contribution in [-0.2, 0) is 16.0 Å². The van der Waals surface area contributed by atoms with Crippen LogP contribution in [0, 0.1) is 6.92 Å². The number of benzene rings is 1. The molecule has 0 radical (unpaired) electrons. The maximum atomic E-state index is 13.1. The van der Waals surface area contributed by atoms with Crippen LogP contribution in [0.2, 0.25) is 0 Å². The van der Waals surface area contributed by atoms with Crippen LogP contribution in [0.15, 0.2) is 17.5 Å². The van der Waals surface area contributed by atoms with Crippen LogP contribution in [-0.4, -0.2) is 80.8 Å². The van der Waals surface area contributed by atoms with E-state index in [0.29, 0.717) is 23.5 Å². The van der Waals surface area contributed by atoms with E-state index in [2.05, 4.69) is 25.4 Å². The van der Waals surface area contributed by atoms with Gasteiger partial charge in [-0.25, -0.2) is 4.98 Å². The maximum Gasteiger partial charge on any atom is 0.275 e. The summed E-state index contributed by atoms with van der Waals surface area (Å²) in [4.78, 5) is 35.1. The van der Waals surface area contributed by atoms with E-state index in [9.17, 15) is 9.59 Å². The predicted octanol–water partition coefficient (Wildman–Crippen LogP) is 2.90. The molecule has 2 amide bonds. The number of carbonyl (C=O) groups excluding carboxylic acids is 2. The van der Waals surface area contributed by atoms with Gasteiger partial charge in [0.2, 0.25) is 0 Å². The minimum Gasteiger partial charge on any atom is -0.380 e. The molecule has 0 aliphatic carbocycles. The Kier molecular flexibility index (Phi) is 8.72. The van der Waals surface area contributed by atoms with Gasteiger partial charge in [0.15, 0.2) is 5.13 Å². The third-order valence-corrected chi connectivity index (χ3v) is 7.38. The number of aromatic nitrogens is 1. The van der Waals surface area contributed by atoms with Gasteiger partial charge in [0.25, 0.3) is 11.8 Å². The molecule has 2 saturated heterocycles. The molecule has 190 valence electrons. The number of carbonyl (C=O) groups is 2. The minimum atomic E-state index is -0.320. The van der Waals surface area contributed by atoms with Crippen LogP contribution in [0.5, 0.6) is 0 Å². The number of nitrogens with zero attached hydrogens (tertiary/aromatic N) is 3. The molecule has 0 saturated carbocycles. The van der Waals surface area contributed by atoms with Crippen molar-refractivity contribution < 1.29 is 19.1 Å². The lowest BCUT2D eigenvalue weighted by molar-refractivity contribution is 0.0341.